The van der Waals surface area contributed by atoms with Crippen LogP contribution in [0.1, 0.15) is 44.2 Å². The van der Waals surface area contributed by atoms with Gasteiger partial charge in [-0.3, -0.25) is 4.79 Å². The molecule has 0 aliphatic rings. The monoisotopic (exact) mass is 326 g/mol. The molecule has 0 saturated carbocycles. The predicted octanol–water partition coefficient (Wildman–Crippen LogP) is 4.50. The molecule has 2 aromatic rings. The molecule has 2 aromatic carbocycles. The maximum atomic E-state index is 12.5. The van der Waals surface area contributed by atoms with Crippen LogP contribution in [0.5, 0.6) is 5.75 Å². The number of amides is 1. The van der Waals surface area contributed by atoms with Crippen LogP contribution in [0.25, 0.3) is 0 Å². The lowest BCUT2D eigenvalue weighted by Crippen LogP contribution is -2.30. The van der Waals surface area contributed by atoms with Crippen LogP contribution >= 0.6 is 0 Å². The van der Waals surface area contributed by atoms with Crippen LogP contribution in [0.15, 0.2) is 42.5 Å². The third-order valence-electron chi connectivity index (χ3n) is 4.37. The topological polar surface area (TPSA) is 64.3 Å². The summed E-state index contributed by atoms with van der Waals surface area (Å²) >= 11 is 0. The molecule has 4 heteroatoms. The van der Waals surface area contributed by atoms with Crippen molar-refractivity contribution in [3.63, 3.8) is 0 Å². The molecular weight excluding hydrogens is 300 g/mol. The Labute approximate surface area is 144 Å². The largest absolute Gasteiger partial charge is 0.481 e. The zero-order valence-electron chi connectivity index (χ0n) is 14.8. The molecule has 0 heterocycles. The SMILES string of the molecule is CC[C@@H](C)c1ccccc1O[C@@H](C)C(=O)Nc1cccc(N)c1C. The zero-order chi connectivity index (χ0) is 17.7. The molecule has 2 rings (SSSR count). The quantitative estimate of drug-likeness (QED) is 0.768. The fourth-order valence-corrected chi connectivity index (χ4v) is 2.48. The van der Waals surface area contributed by atoms with E-state index in [0.29, 0.717) is 17.3 Å². The van der Waals surface area contributed by atoms with Crippen LogP contribution < -0.4 is 15.8 Å². The van der Waals surface area contributed by atoms with E-state index in [9.17, 15) is 4.79 Å². The van der Waals surface area contributed by atoms with Gasteiger partial charge in [0.05, 0.1) is 0 Å². The van der Waals surface area contributed by atoms with Gasteiger partial charge >= 0.3 is 0 Å². The number of benzene rings is 2. The maximum absolute atomic E-state index is 12.5. The van der Waals surface area contributed by atoms with Gasteiger partial charge in [-0.2, -0.15) is 0 Å². The Morgan fingerprint density at radius 3 is 2.58 bits per heavy atom. The summed E-state index contributed by atoms with van der Waals surface area (Å²) in [5.74, 6) is 0.953. The molecule has 0 spiro atoms. The molecule has 0 aliphatic carbocycles. The van der Waals surface area contributed by atoms with Crippen molar-refractivity contribution in [3.8, 4) is 5.75 Å². The van der Waals surface area contributed by atoms with Gasteiger partial charge in [-0.1, -0.05) is 38.1 Å². The average Bonchev–Trinajstić information content (AvgIpc) is 2.58. The zero-order valence-corrected chi connectivity index (χ0v) is 14.8. The Morgan fingerprint density at radius 2 is 1.88 bits per heavy atom. The van der Waals surface area contributed by atoms with E-state index >= 15 is 0 Å². The summed E-state index contributed by atoms with van der Waals surface area (Å²) in [6, 6.07) is 13.4. The van der Waals surface area contributed by atoms with Crippen molar-refractivity contribution < 1.29 is 9.53 Å². The van der Waals surface area contributed by atoms with Gasteiger partial charge in [-0.05, 0) is 55.5 Å². The van der Waals surface area contributed by atoms with Gasteiger partial charge in [0.25, 0.3) is 5.91 Å². The Kier molecular flexibility index (Phi) is 5.85. The molecular formula is C20H26N2O2. The number of nitrogens with one attached hydrogen (secondary N) is 1. The van der Waals surface area contributed by atoms with Crippen LogP contribution in [0.3, 0.4) is 0 Å². The summed E-state index contributed by atoms with van der Waals surface area (Å²) in [6.07, 6.45) is 0.416. The van der Waals surface area contributed by atoms with E-state index in [1.54, 1.807) is 6.92 Å². The Balaban J connectivity index is 2.11. The molecule has 0 aliphatic heterocycles. The minimum atomic E-state index is -0.601. The van der Waals surface area contributed by atoms with E-state index in [1.165, 1.54) is 0 Å². The third kappa shape index (κ3) is 4.07. The van der Waals surface area contributed by atoms with Crippen molar-refractivity contribution >= 4 is 17.3 Å². The third-order valence-corrected chi connectivity index (χ3v) is 4.37. The highest BCUT2D eigenvalue weighted by atomic mass is 16.5. The first-order valence-corrected chi connectivity index (χ1v) is 8.35. The molecule has 1 amide bonds. The Morgan fingerprint density at radius 1 is 1.17 bits per heavy atom. The van der Waals surface area contributed by atoms with Crippen molar-refractivity contribution in [3.05, 3.63) is 53.6 Å². The highest BCUT2D eigenvalue weighted by Gasteiger charge is 2.18. The van der Waals surface area contributed by atoms with E-state index in [1.807, 2.05) is 43.3 Å². The number of para-hydroxylation sites is 1. The summed E-state index contributed by atoms with van der Waals surface area (Å²) in [4.78, 5) is 12.5. The molecule has 2 atom stereocenters. The van der Waals surface area contributed by atoms with Crippen molar-refractivity contribution in [2.45, 2.75) is 46.1 Å². The number of carbonyl (C=O) groups excluding carboxylic acids is 1. The first-order valence-electron chi connectivity index (χ1n) is 8.35. The fraction of sp³-hybridized carbons (Fsp3) is 0.350. The number of hydrogen-bond acceptors (Lipinski definition) is 3. The van der Waals surface area contributed by atoms with Gasteiger partial charge < -0.3 is 15.8 Å². The average molecular weight is 326 g/mol. The second-order valence-corrected chi connectivity index (χ2v) is 6.12. The van der Waals surface area contributed by atoms with Crippen LogP contribution in [0.2, 0.25) is 0 Å². The van der Waals surface area contributed by atoms with Crippen molar-refractivity contribution in [1.29, 1.82) is 0 Å². The van der Waals surface area contributed by atoms with Gasteiger partial charge in [0, 0.05) is 11.4 Å². The van der Waals surface area contributed by atoms with Crippen LogP contribution in [-0.2, 0) is 4.79 Å². The van der Waals surface area contributed by atoms with E-state index in [0.717, 1.165) is 23.3 Å². The molecule has 0 saturated heterocycles. The predicted molar refractivity (Wildman–Crippen MR) is 99.5 cm³/mol. The first kappa shape index (κ1) is 17.9. The number of carbonyl (C=O) groups is 1. The lowest BCUT2D eigenvalue weighted by Gasteiger charge is -2.20. The molecule has 0 unspecified atom stereocenters. The minimum Gasteiger partial charge on any atom is -0.481 e. The maximum Gasteiger partial charge on any atom is 0.265 e. The van der Waals surface area contributed by atoms with Gasteiger partial charge in [-0.15, -0.1) is 0 Å². The second kappa shape index (κ2) is 7.86. The van der Waals surface area contributed by atoms with E-state index in [4.69, 9.17) is 10.5 Å². The highest BCUT2D eigenvalue weighted by Crippen LogP contribution is 2.29. The van der Waals surface area contributed by atoms with Gasteiger partial charge in [0.2, 0.25) is 0 Å². The summed E-state index contributed by atoms with van der Waals surface area (Å²) in [7, 11) is 0. The normalized spacial score (nSPS) is 13.2. The molecule has 0 bridgehead atoms. The van der Waals surface area contributed by atoms with Crippen molar-refractivity contribution in [1.82, 2.24) is 0 Å². The van der Waals surface area contributed by atoms with Crippen LogP contribution in [-0.4, -0.2) is 12.0 Å². The summed E-state index contributed by atoms with van der Waals surface area (Å²) < 4.78 is 5.93. The summed E-state index contributed by atoms with van der Waals surface area (Å²) in [6.45, 7) is 7.93. The number of hydrogen-bond donors (Lipinski definition) is 2. The number of nitrogen functional groups attached to an aromatic ring is 1. The van der Waals surface area contributed by atoms with E-state index < -0.39 is 6.10 Å². The van der Waals surface area contributed by atoms with Crippen molar-refractivity contribution in [2.75, 3.05) is 11.1 Å². The van der Waals surface area contributed by atoms with Gasteiger partial charge in [0.15, 0.2) is 6.10 Å². The van der Waals surface area contributed by atoms with Crippen molar-refractivity contribution in [2.24, 2.45) is 0 Å². The first-order chi connectivity index (χ1) is 11.4. The molecule has 3 N–H and O–H groups in total. The van der Waals surface area contributed by atoms with E-state index in [2.05, 4.69) is 25.2 Å². The molecule has 0 aromatic heterocycles. The van der Waals surface area contributed by atoms with Gasteiger partial charge in [0.1, 0.15) is 5.75 Å². The number of anilines is 2. The lowest BCUT2D eigenvalue weighted by atomic mass is 9.98. The number of nitrogens with two attached hydrogens (primary N) is 1. The molecule has 0 radical (unpaired) electrons. The molecule has 4 nitrogen and oxygen atoms in total. The molecule has 24 heavy (non-hydrogen) atoms. The Bertz CT molecular complexity index is 713. The lowest BCUT2D eigenvalue weighted by molar-refractivity contribution is -0.122. The Hall–Kier alpha value is -2.49. The smallest absolute Gasteiger partial charge is 0.265 e. The fourth-order valence-electron chi connectivity index (χ4n) is 2.48. The number of ether oxygens (including phenoxy) is 1. The van der Waals surface area contributed by atoms with E-state index in [-0.39, 0.29) is 5.91 Å². The van der Waals surface area contributed by atoms with Gasteiger partial charge in [-0.25, -0.2) is 0 Å². The second-order valence-electron chi connectivity index (χ2n) is 6.12. The minimum absolute atomic E-state index is 0.192. The van der Waals surface area contributed by atoms with Crippen LogP contribution in [0, 0.1) is 6.92 Å². The van der Waals surface area contributed by atoms with Crippen LogP contribution in [0.4, 0.5) is 11.4 Å². The molecule has 0 fully saturated rings. The number of rotatable bonds is 6. The summed E-state index contributed by atoms with van der Waals surface area (Å²) in [5.41, 5.74) is 9.24. The standard InChI is InChI=1S/C20H26N2O2/c1-5-13(2)16-9-6-7-12-19(16)24-15(4)20(23)22-18-11-8-10-17(21)14(18)3/h6-13,15H,5,21H2,1-4H3,(H,22,23)/t13-,15+/m1/s1. The summed E-state index contributed by atoms with van der Waals surface area (Å²) in [5, 5.41) is 2.89. The molecule has 128 valence electrons. The highest BCUT2D eigenvalue weighted by molar-refractivity contribution is 5.95.